The number of thiophene rings is 1. The minimum atomic E-state index is -0.292. The minimum absolute atomic E-state index is 0.199. The van der Waals surface area contributed by atoms with Crippen LogP contribution >= 0.6 is 11.3 Å². The Kier molecular flexibility index (Phi) is 5.55. The molecule has 1 spiro atoms. The summed E-state index contributed by atoms with van der Waals surface area (Å²) < 4.78 is 6.30. The zero-order valence-electron chi connectivity index (χ0n) is 16.3. The molecule has 0 aliphatic carbocycles. The van der Waals surface area contributed by atoms with Crippen molar-refractivity contribution >= 4 is 23.2 Å². The van der Waals surface area contributed by atoms with Gasteiger partial charge in [0.05, 0.1) is 11.5 Å². The number of rotatable bonds is 2. The molecule has 148 valence electrons. The molecule has 4 rings (SSSR count). The molecule has 3 aliphatic heterocycles. The minimum Gasteiger partial charge on any atom is -0.369 e. The van der Waals surface area contributed by atoms with Crippen molar-refractivity contribution in [3.8, 4) is 0 Å². The van der Waals surface area contributed by atoms with E-state index in [9.17, 15) is 9.59 Å². The zero-order valence-corrected chi connectivity index (χ0v) is 17.1. The highest BCUT2D eigenvalue weighted by molar-refractivity contribution is 7.14. The maximum atomic E-state index is 13.1. The van der Waals surface area contributed by atoms with Gasteiger partial charge in [-0.05, 0) is 43.7 Å². The second-order valence-electron chi connectivity index (χ2n) is 8.00. The van der Waals surface area contributed by atoms with Crippen molar-refractivity contribution in [1.29, 1.82) is 0 Å². The van der Waals surface area contributed by atoms with Gasteiger partial charge in [0.1, 0.15) is 5.60 Å². The zero-order chi connectivity index (χ0) is 18.9. The number of amides is 2. The highest BCUT2D eigenvalue weighted by Gasteiger charge is 2.43. The fourth-order valence-electron chi connectivity index (χ4n) is 4.67. The Balaban J connectivity index is 1.54. The Bertz CT molecular complexity index is 698. The van der Waals surface area contributed by atoms with E-state index in [1.165, 1.54) is 23.3 Å². The van der Waals surface area contributed by atoms with Gasteiger partial charge in [-0.3, -0.25) is 9.59 Å². The highest BCUT2D eigenvalue weighted by Crippen LogP contribution is 2.45. The van der Waals surface area contributed by atoms with Gasteiger partial charge in [0.2, 0.25) is 5.91 Å². The smallest absolute Gasteiger partial charge is 0.263 e. The lowest BCUT2D eigenvalue weighted by Crippen LogP contribution is -2.47. The molecule has 6 heteroatoms. The van der Waals surface area contributed by atoms with Crippen LogP contribution in [0, 0.1) is 0 Å². The summed E-state index contributed by atoms with van der Waals surface area (Å²) in [6, 6.07) is 2.13. The van der Waals surface area contributed by atoms with E-state index in [-0.39, 0.29) is 17.4 Å². The first-order valence-corrected chi connectivity index (χ1v) is 11.3. The van der Waals surface area contributed by atoms with Crippen molar-refractivity contribution in [3.05, 3.63) is 21.4 Å². The van der Waals surface area contributed by atoms with E-state index in [4.69, 9.17) is 4.74 Å². The Morgan fingerprint density at radius 2 is 1.78 bits per heavy atom. The first-order valence-electron chi connectivity index (χ1n) is 10.5. The normalized spacial score (nSPS) is 22.4. The van der Waals surface area contributed by atoms with Gasteiger partial charge < -0.3 is 14.5 Å². The molecule has 0 aromatic carbocycles. The lowest BCUT2D eigenvalue weighted by molar-refractivity contribution is -0.139. The number of fused-ring (bicyclic) bond motifs is 2. The lowest BCUT2D eigenvalue weighted by atomic mass is 9.85. The van der Waals surface area contributed by atoms with Crippen LogP contribution in [0.3, 0.4) is 0 Å². The Morgan fingerprint density at radius 3 is 2.44 bits per heavy atom. The molecule has 5 nitrogen and oxygen atoms in total. The maximum Gasteiger partial charge on any atom is 0.263 e. The predicted molar refractivity (Wildman–Crippen MR) is 106 cm³/mol. The standard InChI is InChI=1S/C21H30N2O3S/c1-2-18(24)22-12-8-21(9-13-22)19-16(7-14-26-21)15-17(27-19)20(25)23-10-5-3-4-6-11-23/h15H,2-14H2,1H3. The van der Waals surface area contributed by atoms with Crippen molar-refractivity contribution < 1.29 is 14.3 Å². The van der Waals surface area contributed by atoms with Crippen LogP contribution in [0.2, 0.25) is 0 Å². The second-order valence-corrected chi connectivity index (χ2v) is 9.05. The first kappa shape index (κ1) is 18.9. The van der Waals surface area contributed by atoms with Crippen molar-refractivity contribution in [2.45, 2.75) is 63.9 Å². The van der Waals surface area contributed by atoms with Crippen LogP contribution in [0.15, 0.2) is 6.07 Å². The third-order valence-corrected chi connectivity index (χ3v) is 7.65. The van der Waals surface area contributed by atoms with E-state index in [1.807, 2.05) is 16.7 Å². The molecular weight excluding hydrogens is 360 g/mol. The van der Waals surface area contributed by atoms with Crippen LogP contribution in [0.4, 0.5) is 0 Å². The van der Waals surface area contributed by atoms with Gasteiger partial charge in [-0.25, -0.2) is 0 Å². The summed E-state index contributed by atoms with van der Waals surface area (Å²) in [6.07, 6.45) is 7.82. The molecule has 1 aromatic heterocycles. The van der Waals surface area contributed by atoms with Crippen LogP contribution in [0.25, 0.3) is 0 Å². The third kappa shape index (κ3) is 3.66. The number of likely N-dealkylation sites (tertiary alicyclic amines) is 2. The van der Waals surface area contributed by atoms with Crippen LogP contribution < -0.4 is 0 Å². The van der Waals surface area contributed by atoms with Crippen LogP contribution in [-0.4, -0.2) is 54.4 Å². The second kappa shape index (κ2) is 7.92. The Labute approximate surface area is 165 Å². The van der Waals surface area contributed by atoms with E-state index in [2.05, 4.69) is 6.07 Å². The number of carbonyl (C=O) groups is 2. The van der Waals surface area contributed by atoms with Gasteiger partial charge in [0, 0.05) is 37.5 Å². The van der Waals surface area contributed by atoms with Crippen LogP contribution in [-0.2, 0) is 21.6 Å². The van der Waals surface area contributed by atoms with Gasteiger partial charge in [0.15, 0.2) is 0 Å². The summed E-state index contributed by atoms with van der Waals surface area (Å²) in [5.41, 5.74) is 1.000. The maximum absolute atomic E-state index is 13.1. The van der Waals surface area contributed by atoms with Crippen LogP contribution in [0.5, 0.6) is 0 Å². The summed E-state index contributed by atoms with van der Waals surface area (Å²) in [6.45, 7) is 5.90. The Morgan fingerprint density at radius 1 is 1.07 bits per heavy atom. The lowest BCUT2D eigenvalue weighted by Gasteiger charge is -2.43. The average molecular weight is 391 g/mol. The number of hydrogen-bond donors (Lipinski definition) is 0. The van der Waals surface area contributed by atoms with E-state index < -0.39 is 0 Å². The molecule has 0 atom stereocenters. The summed E-state index contributed by atoms with van der Waals surface area (Å²) >= 11 is 1.64. The summed E-state index contributed by atoms with van der Waals surface area (Å²) in [4.78, 5) is 31.2. The van der Waals surface area contributed by atoms with Gasteiger partial charge >= 0.3 is 0 Å². The van der Waals surface area contributed by atoms with E-state index in [0.29, 0.717) is 13.0 Å². The van der Waals surface area contributed by atoms with Gasteiger partial charge in [-0.2, -0.15) is 0 Å². The van der Waals surface area contributed by atoms with Gasteiger partial charge in [0.25, 0.3) is 5.91 Å². The topological polar surface area (TPSA) is 49.9 Å². The predicted octanol–water partition coefficient (Wildman–Crippen LogP) is 3.56. The molecule has 1 aromatic rings. The molecule has 0 unspecified atom stereocenters. The first-order chi connectivity index (χ1) is 13.1. The molecule has 0 N–H and O–H groups in total. The van der Waals surface area contributed by atoms with Crippen molar-refractivity contribution in [2.24, 2.45) is 0 Å². The fourth-order valence-corrected chi connectivity index (χ4v) is 6.05. The van der Waals surface area contributed by atoms with Crippen molar-refractivity contribution in [1.82, 2.24) is 9.80 Å². The molecule has 0 saturated carbocycles. The number of nitrogens with zero attached hydrogens (tertiary/aromatic N) is 2. The molecule has 2 saturated heterocycles. The number of piperidine rings is 1. The van der Waals surface area contributed by atoms with Crippen molar-refractivity contribution in [3.63, 3.8) is 0 Å². The average Bonchev–Trinajstić information content (AvgIpc) is 2.96. The molecule has 2 amide bonds. The van der Waals surface area contributed by atoms with E-state index in [1.54, 1.807) is 11.3 Å². The van der Waals surface area contributed by atoms with Crippen LogP contribution in [0.1, 0.15) is 72.0 Å². The summed E-state index contributed by atoms with van der Waals surface area (Å²) in [5.74, 6) is 0.425. The third-order valence-electron chi connectivity index (χ3n) is 6.30. The quantitative estimate of drug-likeness (QED) is 0.776. The molecule has 0 radical (unpaired) electrons. The molecular formula is C21H30N2O3S. The molecule has 3 aliphatic rings. The molecule has 2 fully saturated rings. The monoisotopic (exact) mass is 390 g/mol. The largest absolute Gasteiger partial charge is 0.369 e. The number of ether oxygens (including phenoxy) is 1. The SMILES string of the molecule is CCC(=O)N1CCC2(CC1)OCCc1cc(C(=O)N3CCCCCC3)sc12. The fraction of sp³-hybridized carbons (Fsp3) is 0.714. The van der Waals surface area contributed by atoms with Gasteiger partial charge in [-0.15, -0.1) is 11.3 Å². The highest BCUT2D eigenvalue weighted by atomic mass is 32.1. The van der Waals surface area contributed by atoms with E-state index in [0.717, 1.165) is 63.2 Å². The molecule has 27 heavy (non-hydrogen) atoms. The van der Waals surface area contributed by atoms with Crippen molar-refractivity contribution in [2.75, 3.05) is 32.8 Å². The Hall–Kier alpha value is -1.40. The molecule has 0 bridgehead atoms. The van der Waals surface area contributed by atoms with E-state index >= 15 is 0 Å². The number of carbonyl (C=O) groups excluding carboxylic acids is 2. The number of hydrogen-bond acceptors (Lipinski definition) is 4. The summed E-state index contributed by atoms with van der Waals surface area (Å²) in [5, 5.41) is 0. The molecule has 4 heterocycles. The van der Waals surface area contributed by atoms with Gasteiger partial charge in [-0.1, -0.05) is 19.8 Å². The summed E-state index contributed by atoms with van der Waals surface area (Å²) in [7, 11) is 0.